The topological polar surface area (TPSA) is 47.9 Å². The fourth-order valence-electron chi connectivity index (χ4n) is 3.20. The van der Waals surface area contributed by atoms with Crippen molar-refractivity contribution >= 4 is 11.9 Å². The highest BCUT2D eigenvalue weighted by Gasteiger charge is 2.26. The van der Waals surface area contributed by atoms with Crippen molar-refractivity contribution < 1.29 is 23.0 Å². The summed E-state index contributed by atoms with van der Waals surface area (Å²) in [7, 11) is 0. The Morgan fingerprint density at radius 3 is 2.20 bits per heavy atom. The molecule has 1 unspecified atom stereocenters. The number of carbonyl (C=O) groups excluding carboxylic acids is 1. The molecule has 1 aliphatic rings. The van der Waals surface area contributed by atoms with Crippen LogP contribution in [0.25, 0.3) is 11.1 Å². The first kappa shape index (κ1) is 19.8. The largest absolute Gasteiger partial charge is 0.475 e. The van der Waals surface area contributed by atoms with Crippen LogP contribution >= 0.6 is 0 Å². The maximum atomic E-state index is 14.0. The van der Waals surface area contributed by atoms with Crippen LogP contribution in [0.2, 0.25) is 0 Å². The molecule has 0 saturated heterocycles. The van der Waals surface area contributed by atoms with E-state index >= 15 is 0 Å². The van der Waals surface area contributed by atoms with Gasteiger partial charge in [0.1, 0.15) is 35.6 Å². The van der Waals surface area contributed by atoms with Gasteiger partial charge < -0.3 is 9.47 Å². The fraction of sp³-hybridized carbons (Fsp3) is 0.167. The Bertz CT molecular complexity index is 1070. The lowest BCUT2D eigenvalue weighted by atomic mass is 10.0. The van der Waals surface area contributed by atoms with Crippen molar-refractivity contribution in [2.45, 2.75) is 19.4 Å². The maximum Gasteiger partial charge on any atom is 0.310 e. The van der Waals surface area contributed by atoms with Gasteiger partial charge in [-0.15, -0.1) is 0 Å². The fourth-order valence-corrected chi connectivity index (χ4v) is 3.20. The molecule has 0 saturated carbocycles. The number of hydrogen-bond acceptors (Lipinski definition) is 4. The van der Waals surface area contributed by atoms with Crippen LogP contribution in [0.1, 0.15) is 30.5 Å². The van der Waals surface area contributed by atoms with E-state index in [4.69, 9.17) is 9.47 Å². The number of nitrogens with zero attached hydrogens (tertiary/aromatic N) is 1. The summed E-state index contributed by atoms with van der Waals surface area (Å²) >= 11 is 0. The first-order chi connectivity index (χ1) is 14.5. The first-order valence-electron chi connectivity index (χ1n) is 9.61. The molecule has 0 N–H and O–H groups in total. The molecule has 1 heterocycles. The first-order valence-corrected chi connectivity index (χ1v) is 9.61. The lowest BCUT2D eigenvalue weighted by molar-refractivity contribution is -0.134. The molecule has 0 aliphatic carbocycles. The zero-order valence-electron chi connectivity index (χ0n) is 16.3. The molecule has 6 heteroatoms. The molecule has 0 aromatic heterocycles. The molecule has 3 aromatic carbocycles. The summed E-state index contributed by atoms with van der Waals surface area (Å²) in [5.74, 6) is -1.18. The van der Waals surface area contributed by atoms with Crippen molar-refractivity contribution in [2.24, 2.45) is 4.99 Å². The number of esters is 1. The quantitative estimate of drug-likeness (QED) is 0.417. The molecular weight excluding hydrogens is 388 g/mol. The molecule has 30 heavy (non-hydrogen) atoms. The monoisotopic (exact) mass is 407 g/mol. The zero-order valence-corrected chi connectivity index (χ0v) is 16.3. The second kappa shape index (κ2) is 8.45. The average Bonchev–Trinajstić information content (AvgIpc) is 3.24. The smallest absolute Gasteiger partial charge is 0.310 e. The van der Waals surface area contributed by atoms with Gasteiger partial charge in [0.25, 0.3) is 0 Å². The van der Waals surface area contributed by atoms with E-state index < -0.39 is 11.6 Å². The number of ether oxygens (including phenoxy) is 2. The van der Waals surface area contributed by atoms with Crippen LogP contribution < -0.4 is 4.74 Å². The number of rotatable bonds is 5. The van der Waals surface area contributed by atoms with Crippen LogP contribution in [0, 0.1) is 11.6 Å². The molecule has 4 rings (SSSR count). The highest BCUT2D eigenvalue weighted by atomic mass is 19.1. The van der Waals surface area contributed by atoms with E-state index in [2.05, 4.69) is 4.99 Å². The third-order valence-electron chi connectivity index (χ3n) is 4.83. The molecule has 0 amide bonds. The predicted molar refractivity (Wildman–Crippen MR) is 109 cm³/mol. The molecule has 152 valence electrons. The minimum absolute atomic E-state index is 0.0168. The van der Waals surface area contributed by atoms with E-state index in [0.29, 0.717) is 12.2 Å². The number of hydrogen-bond donors (Lipinski definition) is 0. The molecule has 0 spiro atoms. The Morgan fingerprint density at radius 2 is 1.60 bits per heavy atom. The van der Waals surface area contributed by atoms with Gasteiger partial charge in [0.05, 0.1) is 0 Å². The summed E-state index contributed by atoms with van der Waals surface area (Å²) in [6, 6.07) is 18.3. The number of benzene rings is 3. The second-order valence-corrected chi connectivity index (χ2v) is 6.83. The Kier molecular flexibility index (Phi) is 5.57. The van der Waals surface area contributed by atoms with E-state index in [9.17, 15) is 13.6 Å². The SMILES string of the molecule is CCC(=O)Oc1ccc(-c2ccc(C3COC(c4c(F)cccc4F)=N3)cc2)cc1. The van der Waals surface area contributed by atoms with Crippen LogP contribution in [0.5, 0.6) is 5.75 Å². The molecular formula is C24H19F2NO3. The molecule has 0 bridgehead atoms. The molecule has 0 radical (unpaired) electrons. The molecule has 1 aliphatic heterocycles. The summed E-state index contributed by atoms with van der Waals surface area (Å²) < 4.78 is 38.6. The van der Waals surface area contributed by atoms with E-state index in [-0.39, 0.29) is 30.1 Å². The van der Waals surface area contributed by atoms with Gasteiger partial charge in [-0.25, -0.2) is 13.8 Å². The predicted octanol–water partition coefficient (Wildman–Crippen LogP) is 5.47. The van der Waals surface area contributed by atoms with Crippen LogP contribution in [0.15, 0.2) is 71.7 Å². The van der Waals surface area contributed by atoms with Crippen molar-refractivity contribution in [1.82, 2.24) is 0 Å². The van der Waals surface area contributed by atoms with E-state index in [1.54, 1.807) is 19.1 Å². The zero-order chi connectivity index (χ0) is 21.1. The summed E-state index contributed by atoms with van der Waals surface area (Å²) in [5.41, 5.74) is 2.60. The van der Waals surface area contributed by atoms with E-state index in [0.717, 1.165) is 16.7 Å². The molecule has 3 aromatic rings. The number of aliphatic imine (C=N–C) groups is 1. The summed E-state index contributed by atoms with van der Waals surface area (Å²) in [6.07, 6.45) is 0.321. The second-order valence-electron chi connectivity index (χ2n) is 6.83. The van der Waals surface area contributed by atoms with Gasteiger partial charge in [-0.2, -0.15) is 0 Å². The van der Waals surface area contributed by atoms with Gasteiger partial charge in [0.15, 0.2) is 0 Å². The maximum absolute atomic E-state index is 14.0. The lowest BCUT2D eigenvalue weighted by Crippen LogP contribution is -2.07. The van der Waals surface area contributed by atoms with E-state index in [1.807, 2.05) is 36.4 Å². The minimum atomic E-state index is -0.696. The molecule has 0 fully saturated rings. The van der Waals surface area contributed by atoms with Gasteiger partial charge in [0, 0.05) is 6.42 Å². The standard InChI is InChI=1S/C24H19F2NO3/c1-2-22(28)30-18-12-10-16(11-13-18)15-6-8-17(9-7-15)21-14-29-24(27-21)23-19(25)4-3-5-20(23)26/h3-13,21H,2,14H2,1H3. The van der Waals surface area contributed by atoms with Gasteiger partial charge in [-0.1, -0.05) is 49.4 Å². The lowest BCUT2D eigenvalue weighted by Gasteiger charge is -2.08. The van der Waals surface area contributed by atoms with Crippen LogP contribution in [-0.4, -0.2) is 18.5 Å². The Morgan fingerprint density at radius 1 is 1.00 bits per heavy atom. The highest BCUT2D eigenvalue weighted by Crippen LogP contribution is 2.29. The molecule has 4 nitrogen and oxygen atoms in total. The minimum Gasteiger partial charge on any atom is -0.475 e. The van der Waals surface area contributed by atoms with Gasteiger partial charge in [-0.3, -0.25) is 4.79 Å². The van der Waals surface area contributed by atoms with Crippen LogP contribution in [-0.2, 0) is 9.53 Å². The Labute approximate surface area is 172 Å². The Hall–Kier alpha value is -3.54. The summed E-state index contributed by atoms with van der Waals surface area (Å²) in [5, 5.41) is 0. The van der Waals surface area contributed by atoms with Crippen LogP contribution in [0.3, 0.4) is 0 Å². The third-order valence-corrected chi connectivity index (χ3v) is 4.83. The van der Waals surface area contributed by atoms with Crippen molar-refractivity contribution in [3.63, 3.8) is 0 Å². The summed E-state index contributed by atoms with van der Waals surface area (Å²) in [6.45, 7) is 1.97. The highest BCUT2D eigenvalue weighted by molar-refractivity contribution is 5.95. The number of carbonyl (C=O) groups is 1. The van der Waals surface area contributed by atoms with Crippen molar-refractivity contribution in [2.75, 3.05) is 6.61 Å². The summed E-state index contributed by atoms with van der Waals surface area (Å²) in [4.78, 5) is 15.7. The van der Waals surface area contributed by atoms with E-state index in [1.165, 1.54) is 18.2 Å². The number of halogens is 2. The van der Waals surface area contributed by atoms with Crippen LogP contribution in [0.4, 0.5) is 8.78 Å². The Balaban J connectivity index is 1.50. The van der Waals surface area contributed by atoms with Gasteiger partial charge in [0.2, 0.25) is 5.90 Å². The van der Waals surface area contributed by atoms with Gasteiger partial charge >= 0.3 is 5.97 Å². The van der Waals surface area contributed by atoms with Crippen molar-refractivity contribution in [3.05, 3.63) is 89.5 Å². The van der Waals surface area contributed by atoms with Gasteiger partial charge in [-0.05, 0) is 41.0 Å². The third kappa shape index (κ3) is 4.08. The van der Waals surface area contributed by atoms with Crippen molar-refractivity contribution in [3.8, 4) is 16.9 Å². The normalized spacial score (nSPS) is 15.4. The average molecular weight is 407 g/mol. The molecule has 1 atom stereocenters. The van der Waals surface area contributed by atoms with Crippen molar-refractivity contribution in [1.29, 1.82) is 0 Å².